The van der Waals surface area contributed by atoms with E-state index in [0.29, 0.717) is 11.5 Å². The molecule has 0 atom stereocenters. The monoisotopic (exact) mass is 295 g/mol. The maximum atomic E-state index is 14.4. The molecule has 2 aromatic carbocycles. The molecule has 0 bridgehead atoms. The Kier molecular flexibility index (Phi) is 3.10. The molecule has 0 saturated carbocycles. The van der Waals surface area contributed by atoms with Crippen molar-refractivity contribution in [1.29, 1.82) is 0 Å². The molecule has 0 radical (unpaired) electrons. The van der Waals surface area contributed by atoms with Crippen LogP contribution in [-0.2, 0) is 0 Å². The molecule has 1 saturated heterocycles. The van der Waals surface area contributed by atoms with Crippen molar-refractivity contribution in [2.24, 2.45) is 0 Å². The summed E-state index contributed by atoms with van der Waals surface area (Å²) in [5.74, 6) is 0.545. The number of fused-ring (bicyclic) bond motifs is 1. The first kappa shape index (κ1) is 13.3. The molecule has 3 nitrogen and oxygen atoms in total. The average Bonchev–Trinajstić information content (AvgIpc) is 3.15. The minimum atomic E-state index is -0.170. The van der Waals surface area contributed by atoms with Crippen LogP contribution in [0, 0.1) is 12.7 Å². The van der Waals surface area contributed by atoms with Crippen molar-refractivity contribution in [3.8, 4) is 11.4 Å². The number of hydrogen-bond donors (Lipinski definition) is 1. The smallest absolute Gasteiger partial charge is 0.147 e. The van der Waals surface area contributed by atoms with Crippen LogP contribution in [0.5, 0.6) is 0 Å². The quantitative estimate of drug-likeness (QED) is 0.765. The minimum Gasteiger partial charge on any atom is -0.369 e. The Morgan fingerprint density at radius 3 is 2.68 bits per heavy atom. The van der Waals surface area contributed by atoms with Gasteiger partial charge in [0.05, 0.1) is 16.7 Å². The van der Waals surface area contributed by atoms with Crippen LogP contribution in [0.15, 0.2) is 36.4 Å². The Morgan fingerprint density at radius 2 is 1.91 bits per heavy atom. The summed E-state index contributed by atoms with van der Waals surface area (Å²) >= 11 is 0. The molecule has 0 spiro atoms. The van der Waals surface area contributed by atoms with E-state index in [4.69, 9.17) is 0 Å². The summed E-state index contributed by atoms with van der Waals surface area (Å²) in [7, 11) is 0. The molecule has 4 rings (SSSR count). The van der Waals surface area contributed by atoms with Gasteiger partial charge in [0.15, 0.2) is 0 Å². The standard InChI is InChI=1S/C18H18FN3/c1-12-4-6-15-16(10-12)21-18(20-15)13-5-7-17(14(19)11-13)22-8-2-3-9-22/h4-7,10-11H,2-3,8-9H2,1H3,(H,20,21). The largest absolute Gasteiger partial charge is 0.369 e. The van der Waals surface area contributed by atoms with Crippen molar-refractivity contribution in [2.75, 3.05) is 18.0 Å². The SMILES string of the molecule is Cc1ccc2nc(-c3ccc(N4CCCC4)c(F)c3)[nH]c2c1. The van der Waals surface area contributed by atoms with Gasteiger partial charge in [-0.1, -0.05) is 6.07 Å². The predicted molar refractivity (Wildman–Crippen MR) is 87.7 cm³/mol. The number of halogens is 1. The third-order valence-corrected chi connectivity index (χ3v) is 4.31. The summed E-state index contributed by atoms with van der Waals surface area (Å²) in [5.41, 5.74) is 4.56. The predicted octanol–water partition coefficient (Wildman–Crippen LogP) is 4.28. The molecule has 112 valence electrons. The number of aromatic amines is 1. The van der Waals surface area contributed by atoms with E-state index in [0.717, 1.165) is 42.5 Å². The molecule has 1 aliphatic heterocycles. The fraction of sp³-hybridized carbons (Fsp3) is 0.278. The molecular formula is C18H18FN3. The number of nitrogens with zero attached hydrogens (tertiary/aromatic N) is 2. The van der Waals surface area contributed by atoms with E-state index in [2.05, 4.69) is 20.9 Å². The van der Waals surface area contributed by atoms with Gasteiger partial charge in [0.1, 0.15) is 11.6 Å². The third-order valence-electron chi connectivity index (χ3n) is 4.31. The summed E-state index contributed by atoms with van der Waals surface area (Å²) in [4.78, 5) is 9.95. The van der Waals surface area contributed by atoms with E-state index in [9.17, 15) is 4.39 Å². The Morgan fingerprint density at radius 1 is 1.09 bits per heavy atom. The maximum absolute atomic E-state index is 14.4. The lowest BCUT2D eigenvalue weighted by Gasteiger charge is -2.18. The summed E-state index contributed by atoms with van der Waals surface area (Å²) in [6.45, 7) is 3.94. The van der Waals surface area contributed by atoms with Crippen LogP contribution >= 0.6 is 0 Å². The summed E-state index contributed by atoms with van der Waals surface area (Å²) in [6, 6.07) is 11.5. The van der Waals surface area contributed by atoms with Crippen LogP contribution in [0.3, 0.4) is 0 Å². The number of aryl methyl sites for hydroxylation is 1. The number of H-pyrrole nitrogens is 1. The third kappa shape index (κ3) is 2.25. The lowest BCUT2D eigenvalue weighted by atomic mass is 10.1. The Hall–Kier alpha value is -2.36. The Labute approximate surface area is 128 Å². The number of anilines is 1. The van der Waals surface area contributed by atoms with Crippen molar-refractivity contribution < 1.29 is 4.39 Å². The van der Waals surface area contributed by atoms with Crippen molar-refractivity contribution in [1.82, 2.24) is 9.97 Å². The zero-order valence-corrected chi connectivity index (χ0v) is 12.6. The fourth-order valence-electron chi connectivity index (χ4n) is 3.13. The van der Waals surface area contributed by atoms with Gasteiger partial charge in [-0.15, -0.1) is 0 Å². The molecule has 0 unspecified atom stereocenters. The molecule has 3 aromatic rings. The van der Waals surface area contributed by atoms with Crippen LogP contribution in [0.25, 0.3) is 22.4 Å². The van der Waals surface area contributed by atoms with Crippen LogP contribution in [0.2, 0.25) is 0 Å². The van der Waals surface area contributed by atoms with Gasteiger partial charge in [-0.2, -0.15) is 0 Å². The molecule has 22 heavy (non-hydrogen) atoms. The summed E-state index contributed by atoms with van der Waals surface area (Å²) in [5, 5.41) is 0. The second kappa shape index (κ2) is 5.13. The van der Waals surface area contributed by atoms with Gasteiger partial charge >= 0.3 is 0 Å². The van der Waals surface area contributed by atoms with E-state index in [-0.39, 0.29) is 5.82 Å². The highest BCUT2D eigenvalue weighted by Crippen LogP contribution is 2.28. The molecule has 1 N–H and O–H groups in total. The Bertz CT molecular complexity index is 831. The molecule has 2 heterocycles. The highest BCUT2D eigenvalue weighted by molar-refractivity contribution is 5.80. The van der Waals surface area contributed by atoms with E-state index >= 15 is 0 Å². The number of benzene rings is 2. The van der Waals surface area contributed by atoms with Gasteiger partial charge < -0.3 is 9.88 Å². The number of imidazole rings is 1. The van der Waals surface area contributed by atoms with Crippen molar-refractivity contribution in [2.45, 2.75) is 19.8 Å². The normalized spacial score (nSPS) is 14.9. The molecule has 0 amide bonds. The lowest BCUT2D eigenvalue weighted by Crippen LogP contribution is -2.18. The molecule has 4 heteroatoms. The van der Waals surface area contributed by atoms with Gasteiger partial charge in [0.25, 0.3) is 0 Å². The van der Waals surface area contributed by atoms with E-state index < -0.39 is 0 Å². The van der Waals surface area contributed by atoms with Crippen LogP contribution in [0.1, 0.15) is 18.4 Å². The molecule has 0 aliphatic carbocycles. The summed E-state index contributed by atoms with van der Waals surface area (Å²) in [6.07, 6.45) is 2.29. The first-order valence-electron chi connectivity index (χ1n) is 7.72. The van der Waals surface area contributed by atoms with Gasteiger partial charge in [-0.3, -0.25) is 0 Å². The molecule has 1 aromatic heterocycles. The Balaban J connectivity index is 1.73. The minimum absolute atomic E-state index is 0.170. The zero-order chi connectivity index (χ0) is 15.1. The van der Waals surface area contributed by atoms with Crippen molar-refractivity contribution in [3.05, 3.63) is 47.8 Å². The molecular weight excluding hydrogens is 277 g/mol. The fourth-order valence-corrected chi connectivity index (χ4v) is 3.13. The van der Waals surface area contributed by atoms with Crippen molar-refractivity contribution >= 4 is 16.7 Å². The second-order valence-electron chi connectivity index (χ2n) is 5.97. The number of aromatic nitrogens is 2. The van der Waals surface area contributed by atoms with Gasteiger partial charge in [0, 0.05) is 18.7 Å². The van der Waals surface area contributed by atoms with Gasteiger partial charge in [-0.25, -0.2) is 9.37 Å². The number of nitrogens with one attached hydrogen (secondary N) is 1. The van der Waals surface area contributed by atoms with E-state index in [1.54, 1.807) is 6.07 Å². The van der Waals surface area contributed by atoms with Gasteiger partial charge in [-0.05, 0) is 55.7 Å². The van der Waals surface area contributed by atoms with Crippen LogP contribution in [-0.4, -0.2) is 23.1 Å². The van der Waals surface area contributed by atoms with Crippen LogP contribution < -0.4 is 4.90 Å². The lowest BCUT2D eigenvalue weighted by molar-refractivity contribution is 0.623. The zero-order valence-electron chi connectivity index (χ0n) is 12.6. The second-order valence-corrected chi connectivity index (χ2v) is 5.97. The maximum Gasteiger partial charge on any atom is 0.147 e. The topological polar surface area (TPSA) is 31.9 Å². The highest BCUT2D eigenvalue weighted by atomic mass is 19.1. The highest BCUT2D eigenvalue weighted by Gasteiger charge is 2.17. The first-order valence-corrected chi connectivity index (χ1v) is 7.72. The van der Waals surface area contributed by atoms with Crippen molar-refractivity contribution in [3.63, 3.8) is 0 Å². The van der Waals surface area contributed by atoms with Gasteiger partial charge in [0.2, 0.25) is 0 Å². The van der Waals surface area contributed by atoms with E-state index in [1.165, 1.54) is 5.56 Å². The number of hydrogen-bond acceptors (Lipinski definition) is 2. The first-order chi connectivity index (χ1) is 10.7. The molecule has 1 aliphatic rings. The molecule has 1 fully saturated rings. The summed E-state index contributed by atoms with van der Waals surface area (Å²) < 4.78 is 14.4. The van der Waals surface area contributed by atoms with Crippen LogP contribution in [0.4, 0.5) is 10.1 Å². The van der Waals surface area contributed by atoms with E-state index in [1.807, 2.05) is 31.2 Å². The average molecular weight is 295 g/mol. The number of rotatable bonds is 2.